The number of Topliss-reactive ketones (excluding diaryl/α,β-unsaturated/α-hetero) is 1. The number of carbonyl (C=O) groups excluding carboxylic acids is 2. The van der Waals surface area contributed by atoms with E-state index in [2.05, 4.69) is 25.0 Å². The molecule has 5 aromatic rings. The van der Waals surface area contributed by atoms with Gasteiger partial charge in [-0.2, -0.15) is 5.10 Å². The Morgan fingerprint density at radius 2 is 2.03 bits per heavy atom. The van der Waals surface area contributed by atoms with Gasteiger partial charge in [0.1, 0.15) is 18.4 Å². The lowest BCUT2D eigenvalue weighted by molar-refractivity contribution is -0.127. The van der Waals surface area contributed by atoms with Gasteiger partial charge >= 0.3 is 0 Å². The molecule has 10 nitrogen and oxygen atoms in total. The molecule has 0 fully saturated rings. The number of nitrogens with one attached hydrogen (secondary N) is 1. The van der Waals surface area contributed by atoms with Gasteiger partial charge in [0.05, 0.1) is 35.5 Å². The van der Waals surface area contributed by atoms with Gasteiger partial charge in [-0.05, 0) is 29.7 Å². The molecular formula is C26H21N7O3. The molecule has 0 atom stereocenters. The smallest absolute Gasteiger partial charge is 0.295 e. The quantitative estimate of drug-likeness (QED) is 0.304. The van der Waals surface area contributed by atoms with Crippen LogP contribution in [0.15, 0.2) is 67.6 Å². The number of hydrogen-bond acceptors (Lipinski definition) is 7. The zero-order valence-electron chi connectivity index (χ0n) is 19.4. The molecule has 0 saturated heterocycles. The number of ketones is 1. The van der Waals surface area contributed by atoms with E-state index in [1.807, 2.05) is 36.4 Å². The van der Waals surface area contributed by atoms with Crippen molar-refractivity contribution in [2.75, 3.05) is 13.7 Å². The average molecular weight is 480 g/mol. The molecule has 6 rings (SSSR count). The second kappa shape index (κ2) is 8.73. The Hall–Kier alpha value is -4.86. The number of hydrogen-bond donors (Lipinski definition) is 1. The van der Waals surface area contributed by atoms with Crippen molar-refractivity contribution >= 4 is 22.6 Å². The first kappa shape index (κ1) is 21.7. The molecule has 36 heavy (non-hydrogen) atoms. The van der Waals surface area contributed by atoms with Crippen molar-refractivity contribution in [2.24, 2.45) is 0 Å². The van der Waals surface area contributed by atoms with E-state index in [0.29, 0.717) is 42.0 Å². The zero-order chi connectivity index (χ0) is 24.6. The first-order chi connectivity index (χ1) is 17.7. The molecule has 1 aliphatic heterocycles. The number of H-pyrrole nitrogens is 1. The van der Waals surface area contributed by atoms with Gasteiger partial charge in [-0.3, -0.25) is 14.6 Å². The van der Waals surface area contributed by atoms with Crippen molar-refractivity contribution in [2.45, 2.75) is 13.0 Å². The van der Waals surface area contributed by atoms with Crippen LogP contribution in [0, 0.1) is 0 Å². The molecule has 1 N–H and O–H groups in total. The number of fused-ring (bicyclic) bond motifs is 2. The van der Waals surface area contributed by atoms with E-state index in [0.717, 1.165) is 22.4 Å². The average Bonchev–Trinajstić information content (AvgIpc) is 3.63. The molecule has 1 amide bonds. The molecule has 1 aromatic carbocycles. The zero-order valence-corrected chi connectivity index (χ0v) is 19.4. The monoisotopic (exact) mass is 479 g/mol. The summed E-state index contributed by atoms with van der Waals surface area (Å²) in [5.74, 6) is -0.343. The predicted octanol–water partition coefficient (Wildman–Crippen LogP) is 2.98. The molecule has 4 aromatic heterocycles. The van der Waals surface area contributed by atoms with E-state index in [1.165, 1.54) is 36.8 Å². The van der Waals surface area contributed by atoms with Crippen LogP contribution < -0.4 is 4.74 Å². The number of aromatic amines is 1. The minimum Gasteiger partial charge on any atom is -0.494 e. The van der Waals surface area contributed by atoms with Crippen LogP contribution in [0.3, 0.4) is 0 Å². The molecule has 0 saturated carbocycles. The molecule has 5 heterocycles. The Kier molecular flexibility index (Phi) is 5.25. The highest BCUT2D eigenvalue weighted by molar-refractivity contribution is 6.45. The SMILES string of the molecule is COc1cnc(-n2cncn2)c2[nH]cc(C(=O)C(=O)N3CCc4c(cccc4-c4ccccn4)C3)c12. The Bertz CT molecular complexity index is 1590. The highest BCUT2D eigenvalue weighted by Gasteiger charge is 2.31. The summed E-state index contributed by atoms with van der Waals surface area (Å²) in [4.78, 5) is 44.3. The summed E-state index contributed by atoms with van der Waals surface area (Å²) in [6.45, 7) is 0.790. The number of carbonyl (C=O) groups is 2. The van der Waals surface area contributed by atoms with Gasteiger partial charge in [0.2, 0.25) is 0 Å². The molecule has 178 valence electrons. The van der Waals surface area contributed by atoms with E-state index in [9.17, 15) is 9.59 Å². The largest absolute Gasteiger partial charge is 0.494 e. The number of benzene rings is 1. The van der Waals surface area contributed by atoms with Crippen LogP contribution in [0.4, 0.5) is 0 Å². The van der Waals surface area contributed by atoms with Crippen molar-refractivity contribution in [3.63, 3.8) is 0 Å². The van der Waals surface area contributed by atoms with Crippen LogP contribution in [-0.2, 0) is 17.8 Å². The normalized spacial score (nSPS) is 13.0. The molecule has 0 bridgehead atoms. The predicted molar refractivity (Wildman–Crippen MR) is 131 cm³/mol. The summed E-state index contributed by atoms with van der Waals surface area (Å²) in [7, 11) is 1.50. The van der Waals surface area contributed by atoms with E-state index in [1.54, 1.807) is 11.1 Å². The van der Waals surface area contributed by atoms with Crippen molar-refractivity contribution in [3.05, 3.63) is 84.3 Å². The minimum absolute atomic E-state index is 0.226. The standard InChI is InChI=1S/C26H21N7O3/c1-36-21-12-30-25(33-15-27-14-31-33)23-22(21)19(11-29-23)24(34)26(35)32-10-8-17-16(13-32)5-4-6-18(17)20-7-2-3-9-28-20/h2-7,9,11-12,14-15,29H,8,10,13H2,1H3. The molecular weight excluding hydrogens is 458 g/mol. The molecule has 0 spiro atoms. The maximum atomic E-state index is 13.5. The number of methoxy groups -OCH3 is 1. The van der Waals surface area contributed by atoms with Gasteiger partial charge in [-0.15, -0.1) is 0 Å². The second-order valence-corrected chi connectivity index (χ2v) is 8.41. The third-order valence-corrected chi connectivity index (χ3v) is 6.44. The van der Waals surface area contributed by atoms with Crippen LogP contribution in [-0.4, -0.2) is 60.0 Å². The van der Waals surface area contributed by atoms with Crippen molar-refractivity contribution < 1.29 is 14.3 Å². The fourth-order valence-electron chi connectivity index (χ4n) is 4.73. The first-order valence-corrected chi connectivity index (χ1v) is 11.4. The lowest BCUT2D eigenvalue weighted by Crippen LogP contribution is -2.40. The Morgan fingerprint density at radius 3 is 2.81 bits per heavy atom. The summed E-state index contributed by atoms with van der Waals surface area (Å²) in [6, 6.07) is 11.8. The van der Waals surface area contributed by atoms with E-state index in [4.69, 9.17) is 4.74 Å². The summed E-state index contributed by atoms with van der Waals surface area (Å²) in [5.41, 5.74) is 4.88. The Morgan fingerprint density at radius 1 is 1.11 bits per heavy atom. The summed E-state index contributed by atoms with van der Waals surface area (Å²) >= 11 is 0. The topological polar surface area (TPSA) is 119 Å². The number of nitrogens with zero attached hydrogens (tertiary/aromatic N) is 6. The van der Waals surface area contributed by atoms with Crippen molar-refractivity contribution in [3.8, 4) is 22.8 Å². The third kappa shape index (κ3) is 3.50. The van der Waals surface area contributed by atoms with E-state index in [-0.39, 0.29) is 5.56 Å². The molecule has 0 radical (unpaired) electrons. The van der Waals surface area contributed by atoms with Gasteiger partial charge in [-0.1, -0.05) is 24.3 Å². The third-order valence-electron chi connectivity index (χ3n) is 6.44. The van der Waals surface area contributed by atoms with Gasteiger partial charge in [-0.25, -0.2) is 14.6 Å². The van der Waals surface area contributed by atoms with Gasteiger partial charge in [0, 0.05) is 31.0 Å². The van der Waals surface area contributed by atoms with Crippen LogP contribution in [0.5, 0.6) is 5.75 Å². The van der Waals surface area contributed by atoms with E-state index < -0.39 is 11.7 Å². The maximum Gasteiger partial charge on any atom is 0.295 e. The van der Waals surface area contributed by atoms with Gasteiger partial charge in [0.25, 0.3) is 11.7 Å². The van der Waals surface area contributed by atoms with Crippen molar-refractivity contribution in [1.29, 1.82) is 0 Å². The molecule has 0 unspecified atom stereocenters. The Balaban J connectivity index is 1.32. The highest BCUT2D eigenvalue weighted by Crippen LogP contribution is 2.33. The number of rotatable bonds is 5. The minimum atomic E-state index is -0.611. The fraction of sp³-hybridized carbons (Fsp3) is 0.154. The Labute approximate surface area is 205 Å². The summed E-state index contributed by atoms with van der Waals surface area (Å²) < 4.78 is 6.95. The number of pyridine rings is 2. The lowest BCUT2D eigenvalue weighted by atomic mass is 9.92. The first-order valence-electron chi connectivity index (χ1n) is 11.4. The lowest BCUT2D eigenvalue weighted by Gasteiger charge is -2.29. The summed E-state index contributed by atoms with van der Waals surface area (Å²) in [6.07, 6.45) is 8.33. The van der Waals surface area contributed by atoms with Crippen LogP contribution in [0.2, 0.25) is 0 Å². The summed E-state index contributed by atoms with van der Waals surface area (Å²) in [5, 5.41) is 4.60. The number of aromatic nitrogens is 6. The fourth-order valence-corrected chi connectivity index (χ4v) is 4.73. The molecule has 0 aliphatic carbocycles. The number of ether oxygens (including phenoxy) is 1. The molecule has 1 aliphatic rings. The second-order valence-electron chi connectivity index (χ2n) is 8.41. The van der Waals surface area contributed by atoms with Crippen LogP contribution in [0.1, 0.15) is 21.5 Å². The van der Waals surface area contributed by atoms with Gasteiger partial charge < -0.3 is 14.6 Å². The van der Waals surface area contributed by atoms with Crippen LogP contribution in [0.25, 0.3) is 28.0 Å². The van der Waals surface area contributed by atoms with Gasteiger partial charge in [0.15, 0.2) is 5.82 Å². The highest BCUT2D eigenvalue weighted by atomic mass is 16.5. The maximum absolute atomic E-state index is 13.5. The van der Waals surface area contributed by atoms with E-state index >= 15 is 0 Å². The van der Waals surface area contributed by atoms with Crippen LogP contribution >= 0.6 is 0 Å². The molecule has 10 heteroatoms. The van der Waals surface area contributed by atoms with Crippen molar-refractivity contribution in [1.82, 2.24) is 34.6 Å². The number of amides is 1.